The van der Waals surface area contributed by atoms with Crippen LogP contribution in [0.5, 0.6) is 0 Å². The van der Waals surface area contributed by atoms with Gasteiger partial charge in [0.05, 0.1) is 22.8 Å². The highest BCUT2D eigenvalue weighted by molar-refractivity contribution is 6.30. The van der Waals surface area contributed by atoms with Gasteiger partial charge in [-0.05, 0) is 47.9 Å². The number of amides is 1. The highest BCUT2D eigenvalue weighted by atomic mass is 35.5. The minimum Gasteiger partial charge on any atom is -0.374 e. The van der Waals surface area contributed by atoms with E-state index in [1.54, 1.807) is 24.3 Å². The number of alkyl halides is 6. The lowest BCUT2D eigenvalue weighted by atomic mass is 9.84. The van der Waals surface area contributed by atoms with Crippen molar-refractivity contribution in [2.75, 3.05) is 6.54 Å². The number of benzene rings is 3. The molecule has 202 valence electrons. The fourth-order valence-corrected chi connectivity index (χ4v) is 4.84. The van der Waals surface area contributed by atoms with Crippen LogP contribution >= 0.6 is 11.6 Å². The normalized spacial score (nSPS) is 20.2. The number of carbonyl (C=O) groups excluding carboxylic acids is 1. The molecule has 12 heteroatoms. The summed E-state index contributed by atoms with van der Waals surface area (Å²) in [4.78, 5) is 17.8. The van der Waals surface area contributed by atoms with E-state index >= 15 is 0 Å². The van der Waals surface area contributed by atoms with Crippen molar-refractivity contribution in [2.45, 2.75) is 37.2 Å². The van der Waals surface area contributed by atoms with E-state index in [0.717, 1.165) is 6.07 Å². The van der Waals surface area contributed by atoms with Gasteiger partial charge in [0.1, 0.15) is 0 Å². The zero-order valence-electron chi connectivity index (χ0n) is 19.9. The molecule has 1 amide bonds. The Bertz CT molecular complexity index is 1560. The SMILES string of the molecule is N#CC1(CNC(=O)c2ccc(C3=NOC(c4cc(Cl)cc(C(F)(F)F)c4)(C(F)(F)F)C3)c3ccccc23)CC1. The van der Waals surface area contributed by atoms with Gasteiger partial charge in [0.25, 0.3) is 11.5 Å². The van der Waals surface area contributed by atoms with Gasteiger partial charge in [0, 0.05) is 34.7 Å². The van der Waals surface area contributed by atoms with Gasteiger partial charge in [-0.25, -0.2) is 0 Å². The van der Waals surface area contributed by atoms with Gasteiger partial charge in [0.2, 0.25) is 0 Å². The topological polar surface area (TPSA) is 74.5 Å². The Morgan fingerprint density at radius 2 is 1.74 bits per heavy atom. The summed E-state index contributed by atoms with van der Waals surface area (Å²) < 4.78 is 83.4. The second kappa shape index (κ2) is 9.16. The monoisotopic (exact) mass is 565 g/mol. The molecule has 5 rings (SSSR count). The number of nitrogens with zero attached hydrogens (tertiary/aromatic N) is 2. The molecular weight excluding hydrogens is 548 g/mol. The third-order valence-electron chi connectivity index (χ3n) is 7.04. The number of hydrogen-bond donors (Lipinski definition) is 1. The summed E-state index contributed by atoms with van der Waals surface area (Å²) in [5, 5.41) is 15.9. The maximum atomic E-state index is 14.5. The quantitative estimate of drug-likeness (QED) is 0.335. The van der Waals surface area contributed by atoms with Gasteiger partial charge >= 0.3 is 12.4 Å². The molecule has 3 aromatic carbocycles. The summed E-state index contributed by atoms with van der Waals surface area (Å²) in [6.07, 6.45) is -9.65. The van der Waals surface area contributed by atoms with Crippen molar-refractivity contribution in [3.63, 3.8) is 0 Å². The molecule has 1 unspecified atom stereocenters. The number of hydrogen-bond acceptors (Lipinski definition) is 4. The third-order valence-corrected chi connectivity index (χ3v) is 7.25. The van der Waals surface area contributed by atoms with Gasteiger partial charge in [0.15, 0.2) is 0 Å². The molecule has 2 aliphatic rings. The Balaban J connectivity index is 1.52. The van der Waals surface area contributed by atoms with Crippen LogP contribution in [0, 0.1) is 16.7 Å². The molecule has 1 fully saturated rings. The van der Waals surface area contributed by atoms with Crippen molar-refractivity contribution >= 4 is 34.0 Å². The first-order chi connectivity index (χ1) is 18.3. The highest BCUT2D eigenvalue weighted by Gasteiger charge is 2.62. The lowest BCUT2D eigenvalue weighted by Crippen LogP contribution is -2.43. The van der Waals surface area contributed by atoms with E-state index in [4.69, 9.17) is 16.4 Å². The van der Waals surface area contributed by atoms with E-state index in [1.807, 2.05) is 0 Å². The average Bonchev–Trinajstić information content (AvgIpc) is 3.52. The van der Waals surface area contributed by atoms with Crippen LogP contribution in [0.3, 0.4) is 0 Å². The first-order valence-electron chi connectivity index (χ1n) is 11.7. The summed E-state index contributed by atoms with van der Waals surface area (Å²) in [5.74, 6) is -0.452. The molecule has 1 saturated carbocycles. The van der Waals surface area contributed by atoms with Crippen LogP contribution in [0.1, 0.15) is 46.3 Å². The standard InChI is InChI=1S/C27H18ClF6N3O2/c28-17-10-15(9-16(11-17)26(29,30)31)25(27(32,33)34)12-22(37-39-25)20-5-6-21(19-4-2-1-3-18(19)20)23(38)36-14-24(13-35)7-8-24/h1-6,9-11H,7-8,12,14H2,(H,36,38). The van der Waals surface area contributed by atoms with Crippen molar-refractivity contribution in [1.82, 2.24) is 5.32 Å². The van der Waals surface area contributed by atoms with E-state index in [-0.39, 0.29) is 23.4 Å². The number of carbonyl (C=O) groups is 1. The van der Waals surface area contributed by atoms with Crippen molar-refractivity contribution in [3.8, 4) is 6.07 Å². The summed E-state index contributed by atoms with van der Waals surface area (Å²) >= 11 is 5.78. The average molecular weight is 566 g/mol. The second-order valence-corrected chi connectivity index (χ2v) is 10.1. The Morgan fingerprint density at radius 3 is 2.36 bits per heavy atom. The van der Waals surface area contributed by atoms with Crippen molar-refractivity contribution < 1.29 is 36.0 Å². The molecule has 1 N–H and O–H groups in total. The number of fused-ring (bicyclic) bond motifs is 1. The number of rotatable bonds is 5. The van der Waals surface area contributed by atoms with Crippen molar-refractivity contribution in [3.05, 3.63) is 81.9 Å². The van der Waals surface area contributed by atoms with Crippen LogP contribution in [-0.4, -0.2) is 24.3 Å². The van der Waals surface area contributed by atoms with Crippen LogP contribution in [0.25, 0.3) is 10.8 Å². The van der Waals surface area contributed by atoms with Gasteiger partial charge in [-0.3, -0.25) is 4.79 Å². The molecule has 0 aromatic heterocycles. The molecule has 0 spiro atoms. The van der Waals surface area contributed by atoms with Crippen LogP contribution in [0.15, 0.2) is 59.8 Å². The maximum Gasteiger partial charge on any atom is 0.435 e. The largest absolute Gasteiger partial charge is 0.435 e. The zero-order chi connectivity index (χ0) is 28.2. The Labute approximate surface area is 223 Å². The van der Waals surface area contributed by atoms with E-state index < -0.39 is 51.8 Å². The predicted octanol–water partition coefficient (Wildman–Crippen LogP) is 7.13. The Morgan fingerprint density at radius 1 is 1.05 bits per heavy atom. The Hall–Kier alpha value is -3.78. The summed E-state index contributed by atoms with van der Waals surface area (Å²) in [6.45, 7) is 0.173. The second-order valence-electron chi connectivity index (χ2n) is 9.64. The van der Waals surface area contributed by atoms with Gasteiger partial charge in [-0.15, -0.1) is 0 Å². The first-order valence-corrected chi connectivity index (χ1v) is 12.1. The van der Waals surface area contributed by atoms with Crippen LogP contribution in [0.2, 0.25) is 5.02 Å². The molecule has 1 aliphatic heterocycles. The molecule has 39 heavy (non-hydrogen) atoms. The molecular formula is C27H18ClF6N3O2. The third kappa shape index (κ3) is 4.78. The van der Waals surface area contributed by atoms with Gasteiger partial charge in [-0.2, -0.15) is 31.6 Å². The lowest BCUT2D eigenvalue weighted by Gasteiger charge is -2.30. The number of nitriles is 1. The first kappa shape index (κ1) is 26.8. The molecule has 0 bridgehead atoms. The van der Waals surface area contributed by atoms with Crippen LogP contribution in [-0.2, 0) is 16.6 Å². The van der Waals surface area contributed by atoms with E-state index in [9.17, 15) is 36.4 Å². The highest BCUT2D eigenvalue weighted by Crippen LogP contribution is 2.50. The van der Waals surface area contributed by atoms with Gasteiger partial charge < -0.3 is 10.2 Å². The molecule has 1 atom stereocenters. The van der Waals surface area contributed by atoms with E-state index in [0.29, 0.717) is 35.7 Å². The van der Waals surface area contributed by atoms with Gasteiger partial charge in [-0.1, -0.05) is 47.1 Å². The molecule has 0 saturated heterocycles. The predicted molar refractivity (Wildman–Crippen MR) is 130 cm³/mol. The number of oxime groups is 1. The summed E-state index contributed by atoms with van der Waals surface area (Å²) in [7, 11) is 0. The summed E-state index contributed by atoms with van der Waals surface area (Å²) in [6, 6.07) is 13.2. The summed E-state index contributed by atoms with van der Waals surface area (Å²) in [5.41, 5.74) is -5.66. The van der Waals surface area contributed by atoms with Crippen LogP contribution in [0.4, 0.5) is 26.3 Å². The molecule has 5 nitrogen and oxygen atoms in total. The number of nitrogens with one attached hydrogen (secondary N) is 1. The maximum absolute atomic E-state index is 14.5. The fourth-order valence-electron chi connectivity index (χ4n) is 4.61. The van der Waals surface area contributed by atoms with Crippen molar-refractivity contribution in [1.29, 1.82) is 5.26 Å². The Kier molecular flexibility index (Phi) is 6.30. The minimum absolute atomic E-state index is 0.162. The smallest absolute Gasteiger partial charge is 0.374 e. The van der Waals surface area contributed by atoms with Crippen LogP contribution < -0.4 is 5.32 Å². The zero-order valence-corrected chi connectivity index (χ0v) is 20.6. The molecule has 3 aromatic rings. The van der Waals surface area contributed by atoms with Crippen molar-refractivity contribution in [2.24, 2.45) is 10.6 Å². The lowest BCUT2D eigenvalue weighted by molar-refractivity contribution is -0.276. The minimum atomic E-state index is -5.15. The van der Waals surface area contributed by atoms with E-state index in [2.05, 4.69) is 16.5 Å². The fraction of sp³-hybridized carbons (Fsp3) is 0.296. The molecule has 1 aliphatic carbocycles. The van der Waals surface area contributed by atoms with E-state index in [1.165, 1.54) is 12.1 Å². The number of halogens is 7. The molecule has 0 radical (unpaired) electrons. The molecule has 1 heterocycles.